The molecule has 2 fully saturated rings. The molecule has 2 aromatic rings. The van der Waals surface area contributed by atoms with Crippen LogP contribution in [-0.4, -0.2) is 15.6 Å². The first-order valence-corrected chi connectivity index (χ1v) is 10.9. The number of hydrogen-bond acceptors (Lipinski definition) is 3. The number of ether oxygens (including phenoxy) is 1. The van der Waals surface area contributed by atoms with E-state index in [9.17, 15) is 0 Å². The van der Waals surface area contributed by atoms with E-state index in [1.165, 1.54) is 29.1 Å². The van der Waals surface area contributed by atoms with Crippen LogP contribution in [0.15, 0.2) is 73.3 Å². The molecule has 0 amide bonds. The van der Waals surface area contributed by atoms with Crippen molar-refractivity contribution >= 4 is 23.5 Å². The fourth-order valence-electron chi connectivity index (χ4n) is 4.08. The molecule has 0 saturated carbocycles. The van der Waals surface area contributed by atoms with Gasteiger partial charge in [0, 0.05) is 12.8 Å². The van der Waals surface area contributed by atoms with Crippen LogP contribution in [0.25, 0.3) is 0 Å². The Morgan fingerprint density at radius 1 is 1.00 bits per heavy atom. The zero-order chi connectivity index (χ0) is 17.2. The van der Waals surface area contributed by atoms with E-state index in [0.717, 1.165) is 12.8 Å². The number of hydrogen-bond donors (Lipinski definition) is 0. The third kappa shape index (κ3) is 2.97. The molecule has 0 aliphatic carbocycles. The Hall–Kier alpha value is -1.16. The maximum atomic E-state index is 6.94. The van der Waals surface area contributed by atoms with Crippen LogP contribution in [0.2, 0.25) is 0 Å². The summed E-state index contributed by atoms with van der Waals surface area (Å²) in [6.45, 7) is 4.07. The van der Waals surface area contributed by atoms with Gasteiger partial charge in [0.05, 0.1) is 10.2 Å². The van der Waals surface area contributed by atoms with E-state index in [4.69, 9.17) is 4.74 Å². The minimum Gasteiger partial charge on any atom is -0.360 e. The molecule has 2 heterocycles. The minimum absolute atomic E-state index is 0.0568. The number of benzene rings is 2. The molecule has 2 aromatic carbocycles. The third-order valence-corrected chi connectivity index (χ3v) is 8.83. The third-order valence-electron chi connectivity index (χ3n) is 5.22. The summed E-state index contributed by atoms with van der Waals surface area (Å²) in [4.78, 5) is 0. The first-order chi connectivity index (χ1) is 12.3. The van der Waals surface area contributed by atoms with E-state index < -0.39 is 0 Å². The summed E-state index contributed by atoms with van der Waals surface area (Å²) >= 11 is 4.21. The largest absolute Gasteiger partial charge is 0.360 e. The quantitative estimate of drug-likeness (QED) is 0.596. The van der Waals surface area contributed by atoms with Crippen molar-refractivity contribution in [2.24, 2.45) is 0 Å². The predicted octanol–water partition coefficient (Wildman–Crippen LogP) is 6.19. The van der Waals surface area contributed by atoms with E-state index >= 15 is 0 Å². The van der Waals surface area contributed by atoms with E-state index in [1.54, 1.807) is 0 Å². The van der Waals surface area contributed by atoms with Crippen LogP contribution in [0.3, 0.4) is 0 Å². The van der Waals surface area contributed by atoms with Crippen molar-refractivity contribution in [2.75, 3.05) is 11.5 Å². The van der Waals surface area contributed by atoms with Crippen molar-refractivity contribution in [1.82, 2.24) is 0 Å². The number of rotatable bonds is 4. The lowest BCUT2D eigenvalue weighted by molar-refractivity contribution is -0.0465. The Balaban J connectivity index is 1.82. The first-order valence-electron chi connectivity index (χ1n) is 8.97. The van der Waals surface area contributed by atoms with Crippen molar-refractivity contribution in [3.8, 4) is 0 Å². The Morgan fingerprint density at radius 2 is 1.64 bits per heavy atom. The van der Waals surface area contributed by atoms with Crippen molar-refractivity contribution in [1.29, 1.82) is 0 Å². The molecular weight excluding hydrogens is 344 g/mol. The minimum atomic E-state index is -0.313. The molecule has 25 heavy (non-hydrogen) atoms. The molecule has 0 N–H and O–H groups in total. The van der Waals surface area contributed by atoms with Crippen LogP contribution in [-0.2, 0) is 10.3 Å². The molecule has 4 rings (SSSR count). The fourth-order valence-corrected chi connectivity index (χ4v) is 7.84. The second-order valence-corrected chi connectivity index (χ2v) is 9.76. The highest BCUT2D eigenvalue weighted by Gasteiger charge is 2.61. The molecule has 2 saturated heterocycles. The molecular formula is C22H24OS2. The summed E-state index contributed by atoms with van der Waals surface area (Å²) in [7, 11) is 0. The van der Waals surface area contributed by atoms with Gasteiger partial charge in [-0.3, -0.25) is 0 Å². The summed E-state index contributed by atoms with van der Waals surface area (Å²) in [6, 6.07) is 21.5. The molecule has 0 radical (unpaired) electrons. The van der Waals surface area contributed by atoms with E-state index in [-0.39, 0.29) is 15.8 Å². The van der Waals surface area contributed by atoms with Crippen LogP contribution in [0.5, 0.6) is 0 Å². The van der Waals surface area contributed by atoms with Gasteiger partial charge in [-0.2, -0.15) is 0 Å². The maximum absolute atomic E-state index is 6.94. The zero-order valence-corrected chi connectivity index (χ0v) is 16.0. The topological polar surface area (TPSA) is 9.23 Å². The van der Waals surface area contributed by atoms with Crippen molar-refractivity contribution in [3.05, 3.63) is 84.4 Å². The lowest BCUT2D eigenvalue weighted by Gasteiger charge is -2.45. The molecule has 0 aromatic heterocycles. The van der Waals surface area contributed by atoms with Crippen LogP contribution in [0.1, 0.15) is 36.5 Å². The highest BCUT2D eigenvalue weighted by Crippen LogP contribution is 2.66. The van der Waals surface area contributed by atoms with Crippen molar-refractivity contribution < 1.29 is 4.74 Å². The molecule has 2 atom stereocenters. The second kappa shape index (κ2) is 7.22. The second-order valence-electron chi connectivity index (χ2n) is 6.71. The summed E-state index contributed by atoms with van der Waals surface area (Å²) in [6.07, 6.45) is 5.36. The monoisotopic (exact) mass is 368 g/mol. The molecule has 1 nitrogen and oxygen atoms in total. The molecule has 0 bridgehead atoms. The molecule has 130 valence electrons. The molecule has 1 spiro atoms. The van der Waals surface area contributed by atoms with Gasteiger partial charge in [-0.1, -0.05) is 66.7 Å². The normalized spacial score (nSPS) is 28.1. The van der Waals surface area contributed by atoms with E-state index in [0.29, 0.717) is 0 Å². The molecule has 2 aliphatic heterocycles. The molecule has 3 heteroatoms. The average Bonchev–Trinajstić information content (AvgIpc) is 2.99. The van der Waals surface area contributed by atoms with Gasteiger partial charge in [-0.05, 0) is 29.1 Å². The lowest BCUT2D eigenvalue weighted by atomic mass is 9.86. The molecule has 0 unspecified atom stereocenters. The Morgan fingerprint density at radius 3 is 2.28 bits per heavy atom. The standard InChI is InChI=1S/C22H24OS2/c1-2-14-21(19-12-7-4-8-13-19)22(24-15-9-16-25-22)17-20(23-21)18-10-5-3-6-11-18/h2-8,10-13,20H,1,9,14-17H2/t20-,21-/m0/s1. The highest BCUT2D eigenvalue weighted by molar-refractivity contribution is 8.18. The Bertz CT molecular complexity index is 709. The molecule has 2 aliphatic rings. The van der Waals surface area contributed by atoms with Gasteiger partial charge >= 0.3 is 0 Å². The van der Waals surface area contributed by atoms with Gasteiger partial charge in [0.1, 0.15) is 5.60 Å². The number of thioether (sulfide) groups is 2. The summed E-state index contributed by atoms with van der Waals surface area (Å²) in [5.74, 6) is 2.42. The van der Waals surface area contributed by atoms with Gasteiger partial charge in [-0.25, -0.2) is 0 Å². The van der Waals surface area contributed by atoms with Crippen LogP contribution in [0.4, 0.5) is 0 Å². The predicted molar refractivity (Wildman–Crippen MR) is 110 cm³/mol. The van der Waals surface area contributed by atoms with Gasteiger partial charge < -0.3 is 4.74 Å². The van der Waals surface area contributed by atoms with Crippen molar-refractivity contribution in [3.63, 3.8) is 0 Å². The average molecular weight is 369 g/mol. The van der Waals surface area contributed by atoms with Gasteiger partial charge in [0.25, 0.3) is 0 Å². The van der Waals surface area contributed by atoms with E-state index in [1.807, 2.05) is 6.08 Å². The van der Waals surface area contributed by atoms with Crippen LogP contribution >= 0.6 is 23.5 Å². The lowest BCUT2D eigenvalue weighted by Crippen LogP contribution is -2.45. The van der Waals surface area contributed by atoms with E-state index in [2.05, 4.69) is 90.8 Å². The summed E-state index contributed by atoms with van der Waals surface area (Å²) < 4.78 is 7.00. The Labute approximate surface area is 159 Å². The maximum Gasteiger partial charge on any atom is 0.121 e. The highest BCUT2D eigenvalue weighted by atomic mass is 32.2. The van der Waals surface area contributed by atoms with Crippen molar-refractivity contribution in [2.45, 2.75) is 35.0 Å². The van der Waals surface area contributed by atoms with Crippen LogP contribution in [0, 0.1) is 0 Å². The van der Waals surface area contributed by atoms with Gasteiger partial charge in [0.2, 0.25) is 0 Å². The first kappa shape index (κ1) is 17.3. The zero-order valence-electron chi connectivity index (χ0n) is 14.4. The van der Waals surface area contributed by atoms with Crippen LogP contribution < -0.4 is 0 Å². The summed E-state index contributed by atoms with van der Waals surface area (Å²) in [5, 5.41) is 0. The fraction of sp³-hybridized carbons (Fsp3) is 0.364. The van der Waals surface area contributed by atoms with Gasteiger partial charge in [-0.15, -0.1) is 30.1 Å². The van der Waals surface area contributed by atoms with Gasteiger partial charge in [0.15, 0.2) is 0 Å². The smallest absolute Gasteiger partial charge is 0.121 e. The summed E-state index contributed by atoms with van der Waals surface area (Å²) in [5.41, 5.74) is 2.26. The Kier molecular flexibility index (Phi) is 4.99. The SMILES string of the molecule is C=CC[C@@]1(c2ccccc2)O[C@H](c2ccccc2)CC12SCCCS2.